The third-order valence-corrected chi connectivity index (χ3v) is 2.46. The van der Waals surface area contributed by atoms with Crippen LogP contribution >= 0.6 is 0 Å². The van der Waals surface area contributed by atoms with Crippen molar-refractivity contribution < 1.29 is 27.1 Å². The van der Waals surface area contributed by atoms with Crippen LogP contribution in [-0.2, 0) is 12.8 Å². The zero-order valence-corrected chi connectivity index (χ0v) is 9.99. The highest BCUT2D eigenvalue weighted by molar-refractivity contribution is 5.66. The van der Waals surface area contributed by atoms with Crippen LogP contribution in [0.2, 0.25) is 0 Å². The molecule has 0 amide bonds. The molecule has 2 rings (SSSR count). The Balaban J connectivity index is 2.21. The lowest BCUT2D eigenvalue weighted by Gasteiger charge is -2.07. The number of oxazole rings is 1. The Bertz CT molecular complexity index is 632. The Labute approximate surface area is 111 Å². The molecule has 1 heterocycles. The lowest BCUT2D eigenvalue weighted by molar-refractivity contribution is -0.137. The summed E-state index contributed by atoms with van der Waals surface area (Å²) < 4.78 is 55.5. The van der Waals surface area contributed by atoms with Gasteiger partial charge in [0.1, 0.15) is 17.8 Å². The van der Waals surface area contributed by atoms with Crippen molar-refractivity contribution >= 4 is 12.2 Å². The molecule has 1 aromatic heterocycles. The summed E-state index contributed by atoms with van der Waals surface area (Å²) in [5.41, 5.74) is -0.773. The summed E-state index contributed by atoms with van der Waals surface area (Å²) in [6, 6.07) is 2.23. The zero-order chi connectivity index (χ0) is 14.8. The minimum atomic E-state index is -4.58. The monoisotopic (exact) mass is 287 g/mol. The Kier molecular flexibility index (Phi) is 3.89. The Morgan fingerprint density at radius 3 is 2.55 bits per heavy atom. The number of hydrogen-bond donors (Lipinski definition) is 1. The lowest BCUT2D eigenvalue weighted by Crippen LogP contribution is -2.05. The van der Waals surface area contributed by atoms with Crippen molar-refractivity contribution in [1.29, 1.82) is 0 Å². The summed E-state index contributed by atoms with van der Waals surface area (Å²) in [5, 5.41) is 8.77. The predicted octanol–water partition coefficient (Wildman–Crippen LogP) is 3.50. The van der Waals surface area contributed by atoms with Crippen LogP contribution in [0.5, 0.6) is 0 Å². The standard InChI is InChI=1S/C13H9F4NO2/c14-11-5-9(13(15,16)17)3-1-8(11)2-4-12-18-10(6-19)7-20-12/h1-5,7,19H,6H2/b4-2+. The summed E-state index contributed by atoms with van der Waals surface area (Å²) in [4.78, 5) is 3.82. The molecule has 2 aromatic rings. The molecule has 0 saturated carbocycles. The molecule has 20 heavy (non-hydrogen) atoms. The fourth-order valence-electron chi connectivity index (χ4n) is 1.47. The minimum Gasteiger partial charge on any atom is -0.445 e. The number of halogens is 4. The summed E-state index contributed by atoms with van der Waals surface area (Å²) in [5.74, 6) is -0.877. The molecule has 3 nitrogen and oxygen atoms in total. The van der Waals surface area contributed by atoms with Crippen LogP contribution in [0.4, 0.5) is 17.6 Å². The lowest BCUT2D eigenvalue weighted by atomic mass is 10.1. The SMILES string of the molecule is OCc1coc(/C=C/c2ccc(C(F)(F)F)cc2F)n1. The predicted molar refractivity (Wildman–Crippen MR) is 62.8 cm³/mol. The van der Waals surface area contributed by atoms with Gasteiger partial charge in [0.2, 0.25) is 5.89 Å². The second kappa shape index (κ2) is 5.46. The highest BCUT2D eigenvalue weighted by Crippen LogP contribution is 2.30. The van der Waals surface area contributed by atoms with E-state index in [1.54, 1.807) is 0 Å². The highest BCUT2D eigenvalue weighted by Gasteiger charge is 2.30. The van der Waals surface area contributed by atoms with E-state index in [1.165, 1.54) is 18.4 Å². The maximum absolute atomic E-state index is 13.5. The van der Waals surface area contributed by atoms with Crippen molar-refractivity contribution in [3.05, 3.63) is 53.0 Å². The van der Waals surface area contributed by atoms with Gasteiger partial charge in [-0.05, 0) is 18.2 Å². The molecule has 0 spiro atoms. The number of aliphatic hydroxyl groups excluding tert-OH is 1. The van der Waals surface area contributed by atoms with E-state index in [0.717, 1.165) is 12.1 Å². The summed E-state index contributed by atoms with van der Waals surface area (Å²) >= 11 is 0. The summed E-state index contributed by atoms with van der Waals surface area (Å²) in [6.45, 7) is -0.300. The number of alkyl halides is 3. The molecular formula is C13H9F4NO2. The average molecular weight is 287 g/mol. The number of hydrogen-bond acceptors (Lipinski definition) is 3. The van der Waals surface area contributed by atoms with Gasteiger partial charge in [0.15, 0.2) is 0 Å². The molecule has 1 N–H and O–H groups in total. The van der Waals surface area contributed by atoms with Crippen LogP contribution in [0.15, 0.2) is 28.9 Å². The maximum atomic E-state index is 13.5. The molecule has 0 saturated heterocycles. The molecule has 106 valence electrons. The van der Waals surface area contributed by atoms with E-state index < -0.39 is 17.6 Å². The fraction of sp³-hybridized carbons (Fsp3) is 0.154. The van der Waals surface area contributed by atoms with Crippen molar-refractivity contribution in [3.8, 4) is 0 Å². The molecule has 0 aliphatic rings. The highest BCUT2D eigenvalue weighted by atomic mass is 19.4. The second-order valence-electron chi connectivity index (χ2n) is 3.90. The van der Waals surface area contributed by atoms with Crippen molar-refractivity contribution in [2.45, 2.75) is 12.8 Å². The van der Waals surface area contributed by atoms with Crippen LogP contribution < -0.4 is 0 Å². The zero-order valence-electron chi connectivity index (χ0n) is 9.99. The van der Waals surface area contributed by atoms with Gasteiger partial charge in [-0.15, -0.1) is 0 Å². The second-order valence-corrected chi connectivity index (χ2v) is 3.90. The smallest absolute Gasteiger partial charge is 0.416 e. The van der Waals surface area contributed by atoms with Crippen LogP contribution in [0.3, 0.4) is 0 Å². The first-order valence-electron chi connectivity index (χ1n) is 5.50. The number of nitrogens with zero attached hydrogens (tertiary/aromatic N) is 1. The topological polar surface area (TPSA) is 46.3 Å². The van der Waals surface area contributed by atoms with E-state index >= 15 is 0 Å². The van der Waals surface area contributed by atoms with Crippen molar-refractivity contribution in [3.63, 3.8) is 0 Å². The van der Waals surface area contributed by atoms with Gasteiger partial charge in [-0.3, -0.25) is 0 Å². The molecule has 0 unspecified atom stereocenters. The van der Waals surface area contributed by atoms with Crippen LogP contribution in [0.1, 0.15) is 22.7 Å². The van der Waals surface area contributed by atoms with E-state index in [2.05, 4.69) is 4.98 Å². The number of aliphatic hydroxyl groups is 1. The number of benzene rings is 1. The first-order valence-corrected chi connectivity index (χ1v) is 5.50. The van der Waals surface area contributed by atoms with Gasteiger partial charge in [-0.25, -0.2) is 9.37 Å². The molecule has 0 aliphatic heterocycles. The normalized spacial score (nSPS) is 12.2. The minimum absolute atomic E-state index is 0.0262. The number of aromatic nitrogens is 1. The molecular weight excluding hydrogens is 278 g/mol. The van der Waals surface area contributed by atoms with Gasteiger partial charge in [-0.1, -0.05) is 6.07 Å². The molecule has 0 atom stereocenters. The van der Waals surface area contributed by atoms with Crippen molar-refractivity contribution in [2.24, 2.45) is 0 Å². The molecule has 0 radical (unpaired) electrons. The van der Waals surface area contributed by atoms with Gasteiger partial charge in [0.25, 0.3) is 0 Å². The summed E-state index contributed by atoms with van der Waals surface area (Å²) in [7, 11) is 0. The van der Waals surface area contributed by atoms with Gasteiger partial charge < -0.3 is 9.52 Å². The third kappa shape index (κ3) is 3.24. The Morgan fingerprint density at radius 1 is 1.25 bits per heavy atom. The van der Waals surface area contributed by atoms with Gasteiger partial charge in [-0.2, -0.15) is 13.2 Å². The number of rotatable bonds is 3. The Hall–Kier alpha value is -2.15. The maximum Gasteiger partial charge on any atom is 0.416 e. The van der Waals surface area contributed by atoms with Crippen molar-refractivity contribution in [2.75, 3.05) is 0 Å². The van der Waals surface area contributed by atoms with Crippen molar-refractivity contribution in [1.82, 2.24) is 4.98 Å². The van der Waals surface area contributed by atoms with Crippen LogP contribution in [-0.4, -0.2) is 10.1 Å². The van der Waals surface area contributed by atoms with Crippen LogP contribution in [0.25, 0.3) is 12.2 Å². The van der Waals surface area contributed by atoms with E-state index in [4.69, 9.17) is 9.52 Å². The van der Waals surface area contributed by atoms with E-state index in [0.29, 0.717) is 11.8 Å². The Morgan fingerprint density at radius 2 is 2.00 bits per heavy atom. The fourth-order valence-corrected chi connectivity index (χ4v) is 1.47. The van der Waals surface area contributed by atoms with Gasteiger partial charge >= 0.3 is 6.18 Å². The quantitative estimate of drug-likeness (QED) is 0.879. The molecule has 7 heteroatoms. The summed E-state index contributed by atoms with van der Waals surface area (Å²) in [6.07, 6.45) is -0.822. The molecule has 0 fully saturated rings. The first-order chi connectivity index (χ1) is 9.40. The molecule has 1 aromatic carbocycles. The van der Waals surface area contributed by atoms with Crippen LogP contribution in [0, 0.1) is 5.82 Å². The molecule has 0 bridgehead atoms. The van der Waals surface area contributed by atoms with E-state index in [1.807, 2.05) is 0 Å². The van der Waals surface area contributed by atoms with Gasteiger partial charge in [0, 0.05) is 11.6 Å². The molecule has 0 aliphatic carbocycles. The third-order valence-electron chi connectivity index (χ3n) is 2.46. The average Bonchev–Trinajstić information content (AvgIpc) is 2.84. The van der Waals surface area contributed by atoms with Gasteiger partial charge in [0.05, 0.1) is 12.2 Å². The van der Waals surface area contributed by atoms with E-state index in [-0.39, 0.29) is 18.1 Å². The largest absolute Gasteiger partial charge is 0.445 e. The van der Waals surface area contributed by atoms with E-state index in [9.17, 15) is 17.6 Å². The first kappa shape index (κ1) is 14.3.